The summed E-state index contributed by atoms with van der Waals surface area (Å²) in [6.45, 7) is 3.20. The van der Waals surface area contributed by atoms with Gasteiger partial charge >= 0.3 is 0 Å². The number of amides is 2. The van der Waals surface area contributed by atoms with Gasteiger partial charge in [-0.25, -0.2) is 0 Å². The molecule has 0 unspecified atom stereocenters. The lowest BCUT2D eigenvalue weighted by Crippen LogP contribution is -2.38. The molecule has 0 bridgehead atoms. The molecule has 28 heavy (non-hydrogen) atoms. The van der Waals surface area contributed by atoms with Crippen LogP contribution in [-0.4, -0.2) is 54.5 Å². The van der Waals surface area contributed by atoms with Gasteiger partial charge in [-0.3, -0.25) is 19.4 Å². The van der Waals surface area contributed by atoms with E-state index in [1.54, 1.807) is 24.3 Å². The molecule has 3 aliphatic rings. The van der Waals surface area contributed by atoms with E-state index in [1.165, 1.54) is 10.5 Å². The van der Waals surface area contributed by atoms with E-state index in [2.05, 4.69) is 17.0 Å². The molecule has 2 aromatic carbocycles. The molecule has 0 aromatic heterocycles. The van der Waals surface area contributed by atoms with Crippen LogP contribution in [0.4, 0.5) is 0 Å². The Kier molecular flexibility index (Phi) is 4.28. The third kappa shape index (κ3) is 2.85. The number of hydrogen-bond acceptors (Lipinski definition) is 5. The Labute approximate surface area is 163 Å². The number of nitrogens with zero attached hydrogens (tertiary/aromatic N) is 2. The lowest BCUT2D eigenvalue weighted by atomic mass is 10.0. The summed E-state index contributed by atoms with van der Waals surface area (Å²) in [4.78, 5) is 28.9. The summed E-state index contributed by atoms with van der Waals surface area (Å²) >= 11 is 0. The lowest BCUT2D eigenvalue weighted by Gasteiger charge is -2.28. The molecule has 0 N–H and O–H groups in total. The van der Waals surface area contributed by atoms with Crippen molar-refractivity contribution >= 4 is 11.8 Å². The topological polar surface area (TPSA) is 59.1 Å². The van der Waals surface area contributed by atoms with Crippen LogP contribution in [0.2, 0.25) is 0 Å². The summed E-state index contributed by atoms with van der Waals surface area (Å²) in [5.74, 6) is 1.23. The first-order chi connectivity index (χ1) is 13.7. The maximum atomic E-state index is 12.6. The zero-order valence-corrected chi connectivity index (χ0v) is 15.6. The molecule has 1 fully saturated rings. The molecule has 5 rings (SSSR count). The molecule has 2 amide bonds. The predicted molar refractivity (Wildman–Crippen MR) is 103 cm³/mol. The second kappa shape index (κ2) is 6.95. The van der Waals surface area contributed by atoms with E-state index in [9.17, 15) is 9.59 Å². The van der Waals surface area contributed by atoms with Crippen molar-refractivity contribution in [3.05, 3.63) is 59.2 Å². The van der Waals surface area contributed by atoms with Gasteiger partial charge in [-0.1, -0.05) is 18.2 Å². The summed E-state index contributed by atoms with van der Waals surface area (Å²) in [6, 6.07) is 13.5. The standard InChI is InChI=1S/C22H22N2O4/c25-21-16-4-1-2-5-17(16)22(26)24(21)11-10-23-9-3-6-18(23)15-7-8-19-20(14-15)28-13-12-27-19/h1-2,4-5,7-8,14,18H,3,6,9-13H2/t18-/m0/s1. The normalized spacial score (nSPS) is 21.3. The lowest BCUT2D eigenvalue weighted by molar-refractivity contribution is 0.0633. The van der Waals surface area contributed by atoms with Crippen LogP contribution in [-0.2, 0) is 0 Å². The van der Waals surface area contributed by atoms with Crippen molar-refractivity contribution in [3.63, 3.8) is 0 Å². The average Bonchev–Trinajstić information content (AvgIpc) is 3.30. The molecule has 1 saturated heterocycles. The minimum absolute atomic E-state index is 0.185. The third-order valence-electron chi connectivity index (χ3n) is 5.80. The molecule has 0 radical (unpaired) electrons. The van der Waals surface area contributed by atoms with Crippen molar-refractivity contribution in [1.29, 1.82) is 0 Å². The number of likely N-dealkylation sites (tertiary alicyclic amines) is 1. The van der Waals surface area contributed by atoms with Crippen molar-refractivity contribution in [2.75, 3.05) is 32.8 Å². The Balaban J connectivity index is 1.30. The van der Waals surface area contributed by atoms with Crippen LogP contribution in [0.3, 0.4) is 0 Å². The van der Waals surface area contributed by atoms with E-state index in [-0.39, 0.29) is 17.9 Å². The van der Waals surface area contributed by atoms with Crippen molar-refractivity contribution in [3.8, 4) is 11.5 Å². The first kappa shape index (κ1) is 17.3. The fourth-order valence-electron chi connectivity index (χ4n) is 4.41. The summed E-state index contributed by atoms with van der Waals surface area (Å²) in [6.07, 6.45) is 2.16. The van der Waals surface area contributed by atoms with Gasteiger partial charge in [0.2, 0.25) is 0 Å². The first-order valence-electron chi connectivity index (χ1n) is 9.81. The van der Waals surface area contributed by atoms with Gasteiger partial charge in [-0.15, -0.1) is 0 Å². The van der Waals surface area contributed by atoms with Crippen LogP contribution in [0.25, 0.3) is 0 Å². The second-order valence-electron chi connectivity index (χ2n) is 7.40. The summed E-state index contributed by atoms with van der Waals surface area (Å²) in [7, 11) is 0. The van der Waals surface area contributed by atoms with Gasteiger partial charge in [0.15, 0.2) is 11.5 Å². The van der Waals surface area contributed by atoms with Crippen LogP contribution < -0.4 is 9.47 Å². The smallest absolute Gasteiger partial charge is 0.261 e. The number of rotatable bonds is 4. The Morgan fingerprint density at radius 2 is 1.61 bits per heavy atom. The summed E-state index contributed by atoms with van der Waals surface area (Å²) in [5.41, 5.74) is 2.22. The Bertz CT molecular complexity index is 907. The number of carbonyl (C=O) groups excluding carboxylic acids is 2. The molecule has 0 aliphatic carbocycles. The van der Waals surface area contributed by atoms with E-state index in [0.717, 1.165) is 30.9 Å². The SMILES string of the molecule is O=C1c2ccccc2C(=O)N1CCN1CCC[C@H]1c1ccc2c(c1)OCCO2. The number of imide groups is 1. The van der Waals surface area contributed by atoms with E-state index in [1.807, 2.05) is 6.07 Å². The molecule has 6 heteroatoms. The van der Waals surface area contributed by atoms with Crippen LogP contribution >= 0.6 is 0 Å². The number of fused-ring (bicyclic) bond motifs is 2. The Hall–Kier alpha value is -2.86. The van der Waals surface area contributed by atoms with Crippen molar-refractivity contribution in [1.82, 2.24) is 9.80 Å². The molecule has 6 nitrogen and oxygen atoms in total. The molecule has 0 saturated carbocycles. The largest absolute Gasteiger partial charge is 0.486 e. The molecule has 0 spiro atoms. The van der Waals surface area contributed by atoms with Crippen molar-refractivity contribution in [2.24, 2.45) is 0 Å². The molecule has 3 heterocycles. The highest BCUT2D eigenvalue weighted by Gasteiger charge is 2.36. The minimum Gasteiger partial charge on any atom is -0.486 e. The minimum atomic E-state index is -0.185. The highest BCUT2D eigenvalue weighted by molar-refractivity contribution is 6.21. The average molecular weight is 378 g/mol. The van der Waals surface area contributed by atoms with Gasteiger partial charge in [-0.05, 0) is 49.2 Å². The molecule has 3 aliphatic heterocycles. The maximum absolute atomic E-state index is 12.6. The molecular weight excluding hydrogens is 356 g/mol. The molecule has 1 atom stereocenters. The van der Waals surface area contributed by atoms with E-state index in [4.69, 9.17) is 9.47 Å². The highest BCUT2D eigenvalue weighted by Crippen LogP contribution is 2.38. The number of carbonyl (C=O) groups is 2. The number of ether oxygens (including phenoxy) is 2. The second-order valence-corrected chi connectivity index (χ2v) is 7.40. The fraction of sp³-hybridized carbons (Fsp3) is 0.364. The van der Waals surface area contributed by atoms with Gasteiger partial charge in [0, 0.05) is 19.1 Å². The number of hydrogen-bond donors (Lipinski definition) is 0. The fourth-order valence-corrected chi connectivity index (χ4v) is 4.41. The van der Waals surface area contributed by atoms with Crippen LogP contribution in [0.5, 0.6) is 11.5 Å². The number of benzene rings is 2. The van der Waals surface area contributed by atoms with Gasteiger partial charge in [0.1, 0.15) is 13.2 Å². The summed E-state index contributed by atoms with van der Waals surface area (Å²) < 4.78 is 11.3. The van der Waals surface area contributed by atoms with E-state index >= 15 is 0 Å². The van der Waals surface area contributed by atoms with Gasteiger partial charge < -0.3 is 9.47 Å². The third-order valence-corrected chi connectivity index (χ3v) is 5.80. The van der Waals surface area contributed by atoms with Crippen molar-refractivity contribution < 1.29 is 19.1 Å². The van der Waals surface area contributed by atoms with Crippen LogP contribution in [0.15, 0.2) is 42.5 Å². The van der Waals surface area contributed by atoms with Gasteiger partial charge in [0.05, 0.1) is 11.1 Å². The first-order valence-corrected chi connectivity index (χ1v) is 9.81. The Morgan fingerprint density at radius 3 is 2.36 bits per heavy atom. The van der Waals surface area contributed by atoms with Crippen LogP contribution in [0.1, 0.15) is 45.2 Å². The van der Waals surface area contributed by atoms with E-state index in [0.29, 0.717) is 37.4 Å². The molecule has 2 aromatic rings. The predicted octanol–water partition coefficient (Wildman–Crippen LogP) is 2.89. The van der Waals surface area contributed by atoms with Crippen molar-refractivity contribution in [2.45, 2.75) is 18.9 Å². The van der Waals surface area contributed by atoms with Gasteiger partial charge in [-0.2, -0.15) is 0 Å². The van der Waals surface area contributed by atoms with Gasteiger partial charge in [0.25, 0.3) is 11.8 Å². The zero-order chi connectivity index (χ0) is 19.1. The quantitative estimate of drug-likeness (QED) is 0.766. The van der Waals surface area contributed by atoms with E-state index < -0.39 is 0 Å². The van der Waals surface area contributed by atoms with Crippen LogP contribution in [0, 0.1) is 0 Å². The zero-order valence-electron chi connectivity index (χ0n) is 15.6. The Morgan fingerprint density at radius 1 is 0.893 bits per heavy atom. The maximum Gasteiger partial charge on any atom is 0.261 e. The molecule has 144 valence electrons. The summed E-state index contributed by atoms with van der Waals surface area (Å²) in [5, 5.41) is 0. The highest BCUT2D eigenvalue weighted by atomic mass is 16.6. The monoisotopic (exact) mass is 378 g/mol. The molecular formula is C22H22N2O4.